The maximum atomic E-state index is 12.7. The van der Waals surface area contributed by atoms with Crippen LogP contribution in [0.15, 0.2) is 0 Å². The Kier molecular flexibility index (Phi) is 4.44. The van der Waals surface area contributed by atoms with E-state index < -0.39 is 12.2 Å². The second-order valence-electron chi connectivity index (χ2n) is 4.60. The van der Waals surface area contributed by atoms with Gasteiger partial charge in [0.15, 0.2) is 0 Å². The molecule has 0 amide bonds. The van der Waals surface area contributed by atoms with Crippen molar-refractivity contribution in [2.75, 3.05) is 6.54 Å². The number of rotatable bonds is 3. The highest BCUT2D eigenvalue weighted by Crippen LogP contribution is 2.36. The van der Waals surface area contributed by atoms with Crippen molar-refractivity contribution in [1.82, 2.24) is 5.32 Å². The molecule has 15 heavy (non-hydrogen) atoms. The lowest BCUT2D eigenvalue weighted by Crippen LogP contribution is -2.48. The van der Waals surface area contributed by atoms with Gasteiger partial charge in [0.1, 0.15) is 6.04 Å². The lowest BCUT2D eigenvalue weighted by atomic mass is 9.79. The molecule has 0 bridgehead atoms. The topological polar surface area (TPSA) is 12.0 Å². The Labute approximate surface area is 89.4 Å². The Morgan fingerprint density at radius 1 is 1.20 bits per heavy atom. The number of hydrogen-bond donors (Lipinski definition) is 1. The molecule has 90 valence electrons. The van der Waals surface area contributed by atoms with E-state index in [-0.39, 0.29) is 5.92 Å². The molecular weight excluding hydrogens is 203 g/mol. The minimum atomic E-state index is -4.10. The van der Waals surface area contributed by atoms with Crippen molar-refractivity contribution >= 4 is 0 Å². The lowest BCUT2D eigenvalue weighted by Gasteiger charge is -2.34. The average molecular weight is 223 g/mol. The molecule has 1 saturated carbocycles. The first-order chi connectivity index (χ1) is 6.95. The summed E-state index contributed by atoms with van der Waals surface area (Å²) in [6.07, 6.45) is -0.816. The largest absolute Gasteiger partial charge is 0.404 e. The Morgan fingerprint density at radius 3 is 2.13 bits per heavy atom. The Morgan fingerprint density at radius 2 is 1.73 bits per heavy atom. The normalized spacial score (nSPS) is 30.2. The van der Waals surface area contributed by atoms with E-state index in [2.05, 4.69) is 12.2 Å². The minimum absolute atomic E-state index is 0.221. The number of nitrogens with one attached hydrogen (secondary N) is 1. The molecule has 0 heterocycles. The zero-order chi connectivity index (χ0) is 11.5. The summed E-state index contributed by atoms with van der Waals surface area (Å²) in [5.41, 5.74) is 0. The fourth-order valence-electron chi connectivity index (χ4n) is 2.39. The molecule has 1 fully saturated rings. The third-order valence-corrected chi connectivity index (χ3v) is 3.31. The summed E-state index contributed by atoms with van der Waals surface area (Å²) >= 11 is 0. The van der Waals surface area contributed by atoms with Gasteiger partial charge in [-0.15, -0.1) is 0 Å². The van der Waals surface area contributed by atoms with E-state index >= 15 is 0 Å². The third kappa shape index (κ3) is 3.67. The predicted molar refractivity (Wildman–Crippen MR) is 54.6 cm³/mol. The van der Waals surface area contributed by atoms with Gasteiger partial charge in [-0.2, -0.15) is 13.2 Å². The zero-order valence-electron chi connectivity index (χ0n) is 9.40. The smallest absolute Gasteiger partial charge is 0.306 e. The molecule has 4 heteroatoms. The van der Waals surface area contributed by atoms with Crippen LogP contribution in [0.2, 0.25) is 0 Å². The molecule has 1 atom stereocenters. The molecule has 0 saturated heterocycles. The molecule has 0 aromatic carbocycles. The molecule has 1 unspecified atom stereocenters. The minimum Gasteiger partial charge on any atom is -0.306 e. The van der Waals surface area contributed by atoms with Gasteiger partial charge in [0.25, 0.3) is 0 Å². The molecule has 0 aromatic heterocycles. The van der Waals surface area contributed by atoms with Crippen LogP contribution in [0.25, 0.3) is 0 Å². The Balaban J connectivity index is 2.56. The summed E-state index contributed by atoms with van der Waals surface area (Å²) in [5.74, 6) is 0.373. The van der Waals surface area contributed by atoms with Crippen LogP contribution in [0.3, 0.4) is 0 Å². The van der Waals surface area contributed by atoms with Gasteiger partial charge in [-0.1, -0.05) is 26.7 Å². The van der Waals surface area contributed by atoms with Gasteiger partial charge < -0.3 is 5.32 Å². The van der Waals surface area contributed by atoms with E-state index in [9.17, 15) is 13.2 Å². The zero-order valence-corrected chi connectivity index (χ0v) is 9.40. The van der Waals surface area contributed by atoms with Crippen LogP contribution < -0.4 is 5.32 Å². The van der Waals surface area contributed by atoms with Gasteiger partial charge in [-0.3, -0.25) is 0 Å². The molecule has 1 aliphatic carbocycles. The quantitative estimate of drug-likeness (QED) is 0.773. The fourth-order valence-corrected chi connectivity index (χ4v) is 2.39. The summed E-state index contributed by atoms with van der Waals surface area (Å²) < 4.78 is 38.2. The third-order valence-electron chi connectivity index (χ3n) is 3.31. The molecule has 0 aromatic rings. The molecule has 0 aliphatic heterocycles. The van der Waals surface area contributed by atoms with Gasteiger partial charge >= 0.3 is 6.18 Å². The van der Waals surface area contributed by atoms with Crippen molar-refractivity contribution in [3.8, 4) is 0 Å². The van der Waals surface area contributed by atoms with Crippen molar-refractivity contribution in [1.29, 1.82) is 0 Å². The first-order valence-electron chi connectivity index (χ1n) is 5.75. The van der Waals surface area contributed by atoms with Crippen LogP contribution in [0.5, 0.6) is 0 Å². The summed E-state index contributed by atoms with van der Waals surface area (Å²) in [6, 6.07) is -1.30. The van der Waals surface area contributed by atoms with Crippen molar-refractivity contribution in [2.45, 2.75) is 51.7 Å². The van der Waals surface area contributed by atoms with Crippen molar-refractivity contribution < 1.29 is 13.2 Å². The van der Waals surface area contributed by atoms with E-state index in [1.54, 1.807) is 6.92 Å². The number of hydrogen-bond acceptors (Lipinski definition) is 1. The second kappa shape index (κ2) is 5.19. The van der Waals surface area contributed by atoms with Crippen LogP contribution >= 0.6 is 0 Å². The molecule has 1 nitrogen and oxygen atoms in total. The summed E-state index contributed by atoms with van der Waals surface area (Å²) in [5, 5.41) is 2.58. The number of halogens is 3. The molecule has 1 rings (SSSR count). The van der Waals surface area contributed by atoms with Crippen LogP contribution in [-0.4, -0.2) is 18.8 Å². The standard InChI is InChI=1S/C11H20F3N/c1-3-15-10(11(12,13)14)9-6-4-8(2)5-7-9/h8-10,15H,3-7H2,1-2H3. The molecule has 0 radical (unpaired) electrons. The van der Waals surface area contributed by atoms with E-state index in [0.717, 1.165) is 12.8 Å². The summed E-state index contributed by atoms with van der Waals surface area (Å²) in [6.45, 7) is 4.23. The first-order valence-corrected chi connectivity index (χ1v) is 5.75. The van der Waals surface area contributed by atoms with E-state index in [1.165, 1.54) is 0 Å². The van der Waals surface area contributed by atoms with Gasteiger partial charge in [-0.25, -0.2) is 0 Å². The maximum Gasteiger partial charge on any atom is 0.404 e. The average Bonchev–Trinajstić information content (AvgIpc) is 2.14. The van der Waals surface area contributed by atoms with Crippen LogP contribution in [0.4, 0.5) is 13.2 Å². The SMILES string of the molecule is CCNC(C1CCC(C)CC1)C(F)(F)F. The van der Waals surface area contributed by atoms with E-state index in [1.807, 2.05) is 0 Å². The lowest BCUT2D eigenvalue weighted by molar-refractivity contribution is -0.170. The highest BCUT2D eigenvalue weighted by Gasteiger charge is 2.44. The van der Waals surface area contributed by atoms with Gasteiger partial charge in [0, 0.05) is 0 Å². The molecule has 0 spiro atoms. The molecule has 1 aliphatic rings. The highest BCUT2D eigenvalue weighted by molar-refractivity contribution is 4.85. The van der Waals surface area contributed by atoms with Crippen molar-refractivity contribution in [3.05, 3.63) is 0 Å². The predicted octanol–water partition coefficient (Wildman–Crippen LogP) is 3.35. The van der Waals surface area contributed by atoms with Gasteiger partial charge in [0.05, 0.1) is 0 Å². The summed E-state index contributed by atoms with van der Waals surface area (Å²) in [4.78, 5) is 0. The van der Waals surface area contributed by atoms with Crippen LogP contribution in [0, 0.1) is 11.8 Å². The number of alkyl halides is 3. The van der Waals surface area contributed by atoms with Gasteiger partial charge in [0.2, 0.25) is 0 Å². The van der Waals surface area contributed by atoms with Crippen LogP contribution in [0.1, 0.15) is 39.5 Å². The Bertz CT molecular complexity index is 183. The molecular formula is C11H20F3N. The first kappa shape index (κ1) is 12.8. The summed E-state index contributed by atoms with van der Waals surface area (Å²) in [7, 11) is 0. The van der Waals surface area contributed by atoms with Crippen molar-refractivity contribution in [3.63, 3.8) is 0 Å². The van der Waals surface area contributed by atoms with Gasteiger partial charge in [-0.05, 0) is 31.2 Å². The van der Waals surface area contributed by atoms with Crippen LogP contribution in [-0.2, 0) is 0 Å². The molecule has 1 N–H and O–H groups in total. The highest BCUT2D eigenvalue weighted by atomic mass is 19.4. The fraction of sp³-hybridized carbons (Fsp3) is 1.00. The monoisotopic (exact) mass is 223 g/mol. The van der Waals surface area contributed by atoms with Crippen molar-refractivity contribution in [2.24, 2.45) is 11.8 Å². The van der Waals surface area contributed by atoms with E-state index in [0.29, 0.717) is 25.3 Å². The maximum absolute atomic E-state index is 12.7. The Hall–Kier alpha value is -0.250. The second-order valence-corrected chi connectivity index (χ2v) is 4.60. The van der Waals surface area contributed by atoms with E-state index in [4.69, 9.17) is 0 Å².